The van der Waals surface area contributed by atoms with E-state index in [0.29, 0.717) is 25.7 Å². The number of halogens is 1. The van der Waals surface area contributed by atoms with Crippen LogP contribution in [0.2, 0.25) is 0 Å². The first kappa shape index (κ1) is 38.1. The number of aliphatic carboxylic acids is 2. The van der Waals surface area contributed by atoms with Gasteiger partial charge >= 0.3 is 11.9 Å². The molecule has 10 heteroatoms. The van der Waals surface area contributed by atoms with Crippen molar-refractivity contribution in [3.8, 4) is 0 Å². The molecule has 3 fully saturated rings. The summed E-state index contributed by atoms with van der Waals surface area (Å²) in [6.45, 7) is 4.42. The molecule has 0 aromatic carbocycles. The van der Waals surface area contributed by atoms with Gasteiger partial charge in [-0.3, -0.25) is 14.4 Å². The van der Waals surface area contributed by atoms with E-state index in [1.165, 1.54) is 12.8 Å². The molecule has 0 saturated heterocycles. The first-order valence-electron chi connectivity index (χ1n) is 11.4. The monoisotopic (exact) mass is 599 g/mol. The van der Waals surface area contributed by atoms with E-state index in [0.717, 1.165) is 50.4 Å². The van der Waals surface area contributed by atoms with Gasteiger partial charge in [0, 0.05) is 61.6 Å². The quantitative estimate of drug-likeness (QED) is 0.390. The second-order valence-corrected chi connectivity index (χ2v) is 9.77. The van der Waals surface area contributed by atoms with Gasteiger partial charge < -0.3 is 15.3 Å². The van der Waals surface area contributed by atoms with E-state index in [1.807, 2.05) is 0 Å². The zero-order chi connectivity index (χ0) is 22.7. The van der Waals surface area contributed by atoms with Crippen LogP contribution in [0.15, 0.2) is 0 Å². The second-order valence-electron chi connectivity index (χ2n) is 9.40. The summed E-state index contributed by atoms with van der Waals surface area (Å²) in [6, 6.07) is 0. The Morgan fingerprint density at radius 2 is 0.848 bits per heavy atom. The number of carboxylic acid groups (broad SMARTS) is 2. The molecule has 3 aliphatic carbocycles. The topological polar surface area (TPSA) is 112 Å². The zero-order valence-corrected chi connectivity index (χ0v) is 24.7. The van der Waals surface area contributed by atoms with E-state index in [9.17, 15) is 14.4 Å². The van der Waals surface area contributed by atoms with Crippen molar-refractivity contribution >= 4 is 28.8 Å². The van der Waals surface area contributed by atoms with Gasteiger partial charge in [0.15, 0.2) is 0 Å². The summed E-state index contributed by atoms with van der Waals surface area (Å²) in [5.74, 6) is 0.138. The smallest absolute Gasteiger partial charge is 0.306 e. The van der Waals surface area contributed by atoms with Gasteiger partial charge in [0.1, 0.15) is 0 Å². The number of hydrogen-bond acceptors (Lipinski definition) is 4. The predicted octanol–water partition coefficient (Wildman–Crippen LogP) is 5.09. The molecule has 0 aliphatic heterocycles. The van der Waals surface area contributed by atoms with Crippen molar-refractivity contribution in [3.63, 3.8) is 0 Å². The summed E-state index contributed by atoms with van der Waals surface area (Å²) in [7, 11) is 0. The molecule has 3 rings (SSSR count). The Morgan fingerprint density at radius 1 is 0.576 bits per heavy atom. The number of carbonyl (C=O) groups excluding carboxylic acids is 1. The minimum atomic E-state index is -0.716. The Kier molecular flexibility index (Phi) is 24.0. The zero-order valence-electron chi connectivity index (χ0n) is 19.7. The third-order valence-electron chi connectivity index (χ3n) is 6.75. The van der Waals surface area contributed by atoms with Crippen LogP contribution in [0.25, 0.3) is 0 Å². The molecule has 3 saturated carbocycles. The maximum atomic E-state index is 10.7. The Morgan fingerprint density at radius 3 is 1.12 bits per heavy atom. The molecule has 3 radical (unpaired) electrons. The molecule has 3 aliphatic rings. The molecule has 0 aromatic rings. The van der Waals surface area contributed by atoms with Crippen molar-refractivity contribution in [3.05, 3.63) is 0 Å². The molecular formula is C23H39ClO6V3. The summed E-state index contributed by atoms with van der Waals surface area (Å²) < 4.78 is 0. The minimum Gasteiger partial charge on any atom is -0.481 e. The maximum Gasteiger partial charge on any atom is 0.306 e. The van der Waals surface area contributed by atoms with Crippen molar-refractivity contribution in [1.29, 1.82) is 0 Å². The van der Waals surface area contributed by atoms with E-state index >= 15 is 0 Å². The third kappa shape index (κ3) is 16.8. The maximum absolute atomic E-state index is 10.7. The fraction of sp³-hybridized carbons (Fsp3) is 0.870. The van der Waals surface area contributed by atoms with Gasteiger partial charge in [-0.2, -0.15) is 0 Å². The molecule has 33 heavy (non-hydrogen) atoms. The van der Waals surface area contributed by atoms with Gasteiger partial charge in [0.25, 0.3) is 0 Å². The first-order chi connectivity index (χ1) is 14.1. The second kappa shape index (κ2) is 20.8. The van der Waals surface area contributed by atoms with Crippen LogP contribution >= 0.6 is 11.6 Å². The Hall–Kier alpha value is 0.613. The van der Waals surface area contributed by atoms with Gasteiger partial charge in [-0.15, -0.1) is 0 Å². The normalized spacial score (nSPS) is 30.7. The van der Waals surface area contributed by atoms with E-state index in [-0.39, 0.29) is 84.8 Å². The van der Waals surface area contributed by atoms with Crippen LogP contribution in [0.5, 0.6) is 0 Å². The van der Waals surface area contributed by atoms with Crippen LogP contribution in [0.3, 0.4) is 0 Å². The molecule has 0 spiro atoms. The number of rotatable bonds is 3. The molecule has 3 N–H and O–H groups in total. The van der Waals surface area contributed by atoms with Crippen molar-refractivity contribution < 1.29 is 85.4 Å². The molecule has 189 valence electrons. The van der Waals surface area contributed by atoms with Crippen LogP contribution in [-0.2, 0) is 70.1 Å². The number of aliphatic hydroxyl groups is 1. The molecule has 0 aromatic heterocycles. The summed E-state index contributed by atoms with van der Waals surface area (Å²) in [5, 5.41) is 26.1. The van der Waals surface area contributed by atoms with Crippen molar-refractivity contribution in [1.82, 2.24) is 0 Å². The SMILES string of the molecule is CC1CCC(C(=O)Cl)CC1.CC1CCC(C(=O)O)CC1.O=C(O)C1CCC(O)CC1.[V].[V].[V]. The van der Waals surface area contributed by atoms with Gasteiger partial charge in [-0.1, -0.05) is 13.8 Å². The molecule has 6 nitrogen and oxygen atoms in total. The molecule has 0 atom stereocenters. The van der Waals surface area contributed by atoms with Crippen molar-refractivity contribution in [2.24, 2.45) is 29.6 Å². The van der Waals surface area contributed by atoms with E-state index in [2.05, 4.69) is 13.8 Å². The summed E-state index contributed by atoms with van der Waals surface area (Å²) in [6.07, 6.45) is 10.6. The van der Waals surface area contributed by atoms with Gasteiger partial charge in [0.05, 0.1) is 17.9 Å². The van der Waals surface area contributed by atoms with E-state index in [4.69, 9.17) is 26.9 Å². The minimum absolute atomic E-state index is 0. The molecule has 0 bridgehead atoms. The van der Waals surface area contributed by atoms with Gasteiger partial charge in [-0.05, 0) is 100 Å². The number of carboxylic acids is 2. The van der Waals surface area contributed by atoms with Crippen molar-refractivity contribution in [2.45, 2.75) is 97.0 Å². The predicted molar refractivity (Wildman–Crippen MR) is 116 cm³/mol. The summed E-state index contributed by atoms with van der Waals surface area (Å²) in [5.41, 5.74) is 0. The van der Waals surface area contributed by atoms with Crippen LogP contribution < -0.4 is 0 Å². The van der Waals surface area contributed by atoms with Crippen LogP contribution in [0.1, 0.15) is 90.9 Å². The molecule has 0 unspecified atom stereocenters. The summed E-state index contributed by atoms with van der Waals surface area (Å²) >= 11 is 5.37. The average Bonchev–Trinajstić information content (AvgIpc) is 2.70. The standard InChI is InChI=1S/C8H13ClO.C8H14O2.C7H12O3.3V/c2*1-6-2-4-7(5-3-6)8(9)10;8-6-3-1-5(2-4-6)7(9)10;;;/h6-7H,2-5H2,1H3;6-7H,2-5H2,1H3,(H,9,10);5-6,8H,1-4H2,(H,9,10);;;. The fourth-order valence-electron chi connectivity index (χ4n) is 4.32. The Balaban J connectivity index is -0.000000391. The van der Waals surface area contributed by atoms with Gasteiger partial charge in [-0.25, -0.2) is 0 Å². The largest absolute Gasteiger partial charge is 0.481 e. The fourth-order valence-corrected chi connectivity index (χ4v) is 4.54. The van der Waals surface area contributed by atoms with Gasteiger partial charge in [0.2, 0.25) is 5.24 Å². The van der Waals surface area contributed by atoms with Crippen LogP contribution in [0, 0.1) is 29.6 Å². The van der Waals surface area contributed by atoms with E-state index < -0.39 is 11.9 Å². The molecular weight excluding hydrogens is 561 g/mol. The van der Waals surface area contributed by atoms with Crippen LogP contribution in [-0.4, -0.2) is 38.6 Å². The first-order valence-corrected chi connectivity index (χ1v) is 11.8. The number of hydrogen-bond donors (Lipinski definition) is 3. The van der Waals surface area contributed by atoms with Crippen molar-refractivity contribution in [2.75, 3.05) is 0 Å². The summed E-state index contributed by atoms with van der Waals surface area (Å²) in [4.78, 5) is 31.5. The Bertz CT molecular complexity index is 466. The van der Waals surface area contributed by atoms with Crippen LogP contribution in [0.4, 0.5) is 0 Å². The average molecular weight is 600 g/mol. The van der Waals surface area contributed by atoms with E-state index in [1.54, 1.807) is 0 Å². The molecule has 0 amide bonds. The molecule has 0 heterocycles. The third-order valence-corrected chi connectivity index (χ3v) is 7.06. The number of carbonyl (C=O) groups is 3. The Labute approximate surface area is 239 Å². The number of aliphatic hydroxyl groups excluding tert-OH is 1.